The molecule has 4 nitrogen and oxygen atoms in total. The highest BCUT2D eigenvalue weighted by atomic mass is 16.5. The second-order valence-corrected chi connectivity index (χ2v) is 5.98. The highest BCUT2D eigenvalue weighted by molar-refractivity contribution is 5.45. The van der Waals surface area contributed by atoms with Crippen LogP contribution in [0.2, 0.25) is 0 Å². The summed E-state index contributed by atoms with van der Waals surface area (Å²) in [4.78, 5) is 6.63. The van der Waals surface area contributed by atoms with Gasteiger partial charge in [-0.15, -0.1) is 0 Å². The molecule has 1 heterocycles. The van der Waals surface area contributed by atoms with Crippen LogP contribution in [0.5, 0.6) is 0 Å². The lowest BCUT2D eigenvalue weighted by atomic mass is 10.2. The molecule has 1 saturated carbocycles. The van der Waals surface area contributed by atoms with Crippen molar-refractivity contribution < 1.29 is 4.74 Å². The molecule has 0 amide bonds. The van der Waals surface area contributed by atoms with E-state index in [1.54, 1.807) is 0 Å². The average molecular weight is 277 g/mol. The Bertz CT molecular complexity index is 404. The van der Waals surface area contributed by atoms with Crippen molar-refractivity contribution in [3.05, 3.63) is 24.0 Å². The molecule has 0 aliphatic heterocycles. The first-order valence-electron chi connectivity index (χ1n) is 7.62. The zero-order valence-electron chi connectivity index (χ0n) is 12.9. The van der Waals surface area contributed by atoms with Crippen LogP contribution >= 0.6 is 0 Å². The van der Waals surface area contributed by atoms with E-state index < -0.39 is 0 Å². The van der Waals surface area contributed by atoms with Crippen LogP contribution in [0.1, 0.15) is 32.4 Å². The van der Waals surface area contributed by atoms with Crippen molar-refractivity contribution in [1.29, 1.82) is 0 Å². The molecule has 1 fully saturated rings. The van der Waals surface area contributed by atoms with Crippen LogP contribution in [0.25, 0.3) is 0 Å². The van der Waals surface area contributed by atoms with Gasteiger partial charge in [-0.1, -0.05) is 13.8 Å². The van der Waals surface area contributed by atoms with Crippen LogP contribution in [0.15, 0.2) is 18.3 Å². The molecular weight excluding hydrogens is 250 g/mol. The van der Waals surface area contributed by atoms with E-state index in [1.165, 1.54) is 18.5 Å². The van der Waals surface area contributed by atoms with E-state index in [1.807, 2.05) is 6.20 Å². The minimum absolute atomic E-state index is 0.481. The van der Waals surface area contributed by atoms with E-state index in [0.29, 0.717) is 6.04 Å². The van der Waals surface area contributed by atoms with Gasteiger partial charge in [-0.25, -0.2) is 0 Å². The Morgan fingerprint density at radius 3 is 2.95 bits per heavy atom. The maximum Gasteiger partial charge on any atom is 0.0641 e. The van der Waals surface area contributed by atoms with Crippen molar-refractivity contribution in [2.24, 2.45) is 5.92 Å². The highest BCUT2D eigenvalue weighted by Gasteiger charge is 2.20. The third kappa shape index (κ3) is 5.47. The van der Waals surface area contributed by atoms with Crippen molar-refractivity contribution in [2.75, 3.05) is 31.7 Å². The van der Waals surface area contributed by atoms with Gasteiger partial charge in [0.05, 0.1) is 12.3 Å². The summed E-state index contributed by atoms with van der Waals surface area (Å²) in [6.07, 6.45) is 4.59. The predicted molar refractivity (Wildman–Crippen MR) is 83.0 cm³/mol. The van der Waals surface area contributed by atoms with Gasteiger partial charge in [-0.3, -0.25) is 4.98 Å². The predicted octanol–water partition coefficient (Wildman–Crippen LogP) is 2.44. The van der Waals surface area contributed by atoms with E-state index in [0.717, 1.165) is 37.9 Å². The number of nitrogens with zero attached hydrogens (tertiary/aromatic N) is 2. The van der Waals surface area contributed by atoms with Crippen molar-refractivity contribution >= 4 is 5.69 Å². The van der Waals surface area contributed by atoms with Gasteiger partial charge in [-0.05, 0) is 30.9 Å². The van der Waals surface area contributed by atoms with Crippen LogP contribution in [0.3, 0.4) is 0 Å². The van der Waals surface area contributed by atoms with Gasteiger partial charge in [0.25, 0.3) is 0 Å². The van der Waals surface area contributed by atoms with Gasteiger partial charge in [0.1, 0.15) is 0 Å². The monoisotopic (exact) mass is 277 g/mol. The molecule has 0 bridgehead atoms. The molecule has 0 spiro atoms. The SMILES string of the molecule is CC(C)NCc1cc(N(C)CCOCC2CC2)ccn1. The number of aromatic nitrogens is 1. The van der Waals surface area contributed by atoms with E-state index in [9.17, 15) is 0 Å². The summed E-state index contributed by atoms with van der Waals surface area (Å²) in [7, 11) is 2.11. The molecule has 0 unspecified atom stereocenters. The maximum atomic E-state index is 5.69. The molecule has 1 aliphatic rings. The van der Waals surface area contributed by atoms with E-state index in [-0.39, 0.29) is 0 Å². The lowest BCUT2D eigenvalue weighted by Gasteiger charge is -2.20. The van der Waals surface area contributed by atoms with Crippen molar-refractivity contribution in [3.63, 3.8) is 0 Å². The van der Waals surface area contributed by atoms with Gasteiger partial charge < -0.3 is 15.0 Å². The second-order valence-electron chi connectivity index (χ2n) is 5.98. The minimum Gasteiger partial charge on any atom is -0.379 e. The number of rotatable bonds is 9. The number of hydrogen-bond acceptors (Lipinski definition) is 4. The fraction of sp³-hybridized carbons (Fsp3) is 0.688. The number of likely N-dealkylation sites (N-methyl/N-ethyl adjacent to an activating group) is 1. The van der Waals surface area contributed by atoms with E-state index >= 15 is 0 Å². The number of anilines is 1. The Morgan fingerprint density at radius 1 is 1.45 bits per heavy atom. The Kier molecular flexibility index (Phi) is 5.80. The number of ether oxygens (including phenoxy) is 1. The Morgan fingerprint density at radius 2 is 2.25 bits per heavy atom. The standard InChI is InChI=1S/C16H27N3O/c1-13(2)18-11-15-10-16(6-7-17-15)19(3)8-9-20-12-14-4-5-14/h6-7,10,13-14,18H,4-5,8-9,11-12H2,1-3H3. The molecule has 0 aromatic carbocycles. The molecule has 1 aromatic rings. The van der Waals surface area contributed by atoms with Crippen molar-refractivity contribution in [1.82, 2.24) is 10.3 Å². The zero-order chi connectivity index (χ0) is 14.4. The third-order valence-corrected chi connectivity index (χ3v) is 3.55. The quantitative estimate of drug-likeness (QED) is 0.704. The highest BCUT2D eigenvalue weighted by Crippen LogP contribution is 2.28. The fourth-order valence-corrected chi connectivity index (χ4v) is 1.97. The number of hydrogen-bond donors (Lipinski definition) is 1. The molecular formula is C16H27N3O. The molecule has 2 rings (SSSR count). The molecule has 1 aliphatic carbocycles. The summed E-state index contributed by atoms with van der Waals surface area (Å²) in [5, 5.41) is 3.39. The van der Waals surface area contributed by atoms with E-state index in [2.05, 4.69) is 48.2 Å². The molecule has 0 saturated heterocycles. The average Bonchev–Trinajstić information content (AvgIpc) is 3.25. The number of nitrogens with one attached hydrogen (secondary N) is 1. The normalized spacial score (nSPS) is 14.8. The first-order chi connectivity index (χ1) is 9.65. The molecule has 112 valence electrons. The first kappa shape index (κ1) is 15.3. The largest absolute Gasteiger partial charge is 0.379 e. The van der Waals surface area contributed by atoms with Crippen LogP contribution in [-0.2, 0) is 11.3 Å². The van der Waals surface area contributed by atoms with E-state index in [4.69, 9.17) is 4.74 Å². The Hall–Kier alpha value is -1.13. The summed E-state index contributed by atoms with van der Waals surface area (Å²) >= 11 is 0. The fourth-order valence-electron chi connectivity index (χ4n) is 1.97. The molecule has 20 heavy (non-hydrogen) atoms. The lowest BCUT2D eigenvalue weighted by molar-refractivity contribution is 0.131. The van der Waals surface area contributed by atoms with Gasteiger partial charge >= 0.3 is 0 Å². The summed E-state index contributed by atoms with van der Waals surface area (Å²) in [5.41, 5.74) is 2.29. The molecule has 1 N–H and O–H groups in total. The second kappa shape index (κ2) is 7.60. The zero-order valence-corrected chi connectivity index (χ0v) is 12.9. The van der Waals surface area contributed by atoms with Crippen LogP contribution in [0.4, 0.5) is 5.69 Å². The first-order valence-corrected chi connectivity index (χ1v) is 7.62. The van der Waals surface area contributed by atoms with Crippen LogP contribution < -0.4 is 10.2 Å². The van der Waals surface area contributed by atoms with Gasteiger partial charge in [0, 0.05) is 44.7 Å². The topological polar surface area (TPSA) is 37.4 Å². The van der Waals surface area contributed by atoms with Gasteiger partial charge in [-0.2, -0.15) is 0 Å². The van der Waals surface area contributed by atoms with Crippen LogP contribution in [-0.4, -0.2) is 37.8 Å². The molecule has 0 radical (unpaired) electrons. The Balaban J connectivity index is 1.75. The maximum absolute atomic E-state index is 5.69. The smallest absolute Gasteiger partial charge is 0.0641 e. The molecule has 1 aromatic heterocycles. The van der Waals surface area contributed by atoms with Gasteiger partial charge in [0.2, 0.25) is 0 Å². The van der Waals surface area contributed by atoms with Crippen molar-refractivity contribution in [2.45, 2.75) is 39.3 Å². The van der Waals surface area contributed by atoms with Gasteiger partial charge in [0.15, 0.2) is 0 Å². The summed E-state index contributed by atoms with van der Waals surface area (Å²) < 4.78 is 5.69. The summed E-state index contributed by atoms with van der Waals surface area (Å²) in [6, 6.07) is 4.68. The summed E-state index contributed by atoms with van der Waals surface area (Å²) in [5.74, 6) is 0.843. The third-order valence-electron chi connectivity index (χ3n) is 3.55. The minimum atomic E-state index is 0.481. The van der Waals surface area contributed by atoms with Crippen LogP contribution in [0, 0.1) is 5.92 Å². The molecule has 0 atom stereocenters. The number of pyridine rings is 1. The Labute approximate surface area is 122 Å². The lowest BCUT2D eigenvalue weighted by Crippen LogP contribution is -2.24. The molecule has 4 heteroatoms. The van der Waals surface area contributed by atoms with Crippen molar-refractivity contribution in [3.8, 4) is 0 Å². The summed E-state index contributed by atoms with van der Waals surface area (Å²) in [6.45, 7) is 7.77.